The van der Waals surface area contributed by atoms with E-state index < -0.39 is 0 Å². The molecule has 0 aromatic heterocycles. The van der Waals surface area contributed by atoms with Crippen molar-refractivity contribution < 1.29 is 4.92 Å². The number of thioether (sulfide) groups is 1. The maximum absolute atomic E-state index is 11.7. The molecule has 0 saturated carbocycles. The summed E-state index contributed by atoms with van der Waals surface area (Å²) < 4.78 is 0. The van der Waals surface area contributed by atoms with Gasteiger partial charge in [0, 0.05) is 34.5 Å². The number of likely N-dealkylation sites (tertiary alicyclic amines) is 1. The lowest BCUT2D eigenvalue weighted by Gasteiger charge is -2.45. The molecule has 0 N–H and O–H groups in total. The van der Waals surface area contributed by atoms with E-state index in [9.17, 15) is 10.1 Å². The normalized spacial score (nSPS) is 24.6. The molecular weight excluding hydrogens is 392 g/mol. The van der Waals surface area contributed by atoms with Crippen LogP contribution >= 0.6 is 11.8 Å². The van der Waals surface area contributed by atoms with E-state index in [0.717, 1.165) is 21.5 Å². The zero-order valence-electron chi connectivity index (χ0n) is 17.4. The second-order valence-corrected chi connectivity index (χ2v) is 9.27. The number of allylic oxidation sites excluding steroid dienone is 5. The Bertz CT molecular complexity index is 1190. The molecule has 2 aliphatic heterocycles. The standard InChI is InChI=1S/C25H24N2O2S/c1-6-10-20-21(11-7-2)26(5)25(24(20,3)4)15-14-17-16-22(27(28)29)18-12-8-9-13-19(18)23(17)30-25/h6-16H,1-2H2,3-5H3/b20-10?,21-11+. The number of nitro groups is 1. The minimum absolute atomic E-state index is 0.143. The first-order valence-electron chi connectivity index (χ1n) is 9.77. The summed E-state index contributed by atoms with van der Waals surface area (Å²) in [5.74, 6) is 0. The maximum Gasteiger partial charge on any atom is 0.277 e. The second kappa shape index (κ2) is 7.03. The number of rotatable bonds is 3. The van der Waals surface area contributed by atoms with E-state index in [2.05, 4.69) is 51.1 Å². The van der Waals surface area contributed by atoms with E-state index in [-0.39, 0.29) is 20.9 Å². The van der Waals surface area contributed by atoms with Crippen LogP contribution in [0.4, 0.5) is 5.69 Å². The van der Waals surface area contributed by atoms with Crippen molar-refractivity contribution in [2.45, 2.75) is 23.6 Å². The number of non-ortho nitro benzene ring substituents is 1. The molecule has 1 fully saturated rings. The van der Waals surface area contributed by atoms with E-state index in [0.29, 0.717) is 5.39 Å². The Morgan fingerprint density at radius 1 is 1.13 bits per heavy atom. The van der Waals surface area contributed by atoms with Gasteiger partial charge >= 0.3 is 0 Å². The van der Waals surface area contributed by atoms with Crippen LogP contribution in [0.25, 0.3) is 16.8 Å². The minimum Gasteiger partial charge on any atom is -0.355 e. The van der Waals surface area contributed by atoms with Gasteiger partial charge in [-0.05, 0) is 29.4 Å². The van der Waals surface area contributed by atoms with Crippen LogP contribution in [0.1, 0.15) is 19.4 Å². The van der Waals surface area contributed by atoms with E-state index in [1.54, 1.807) is 17.8 Å². The molecule has 1 unspecified atom stereocenters. The van der Waals surface area contributed by atoms with Crippen molar-refractivity contribution in [3.63, 3.8) is 0 Å². The van der Waals surface area contributed by atoms with E-state index in [4.69, 9.17) is 0 Å². The molecule has 2 heterocycles. The van der Waals surface area contributed by atoms with Gasteiger partial charge in [-0.2, -0.15) is 0 Å². The molecule has 4 nitrogen and oxygen atoms in total. The fraction of sp³-hybridized carbons (Fsp3) is 0.200. The summed E-state index contributed by atoms with van der Waals surface area (Å²) in [4.78, 5) is 14.3. The largest absolute Gasteiger partial charge is 0.355 e. The van der Waals surface area contributed by atoms with Crippen LogP contribution in [0.3, 0.4) is 0 Å². The van der Waals surface area contributed by atoms with Crippen molar-refractivity contribution in [3.8, 4) is 0 Å². The third kappa shape index (κ3) is 2.62. The van der Waals surface area contributed by atoms with Crippen molar-refractivity contribution in [2.75, 3.05) is 7.05 Å². The number of likely N-dealkylation sites (N-methyl/N-ethyl adjacent to an activating group) is 1. The minimum atomic E-state index is -0.386. The van der Waals surface area contributed by atoms with Gasteiger partial charge in [-0.3, -0.25) is 10.1 Å². The molecule has 0 bridgehead atoms. The SMILES string of the molecule is C=CC=C1/C(=C\C=C)N(C)C2(C=Cc3cc([N+](=O)[O-])c4ccccc4c3S2)C1(C)C. The lowest BCUT2D eigenvalue weighted by molar-refractivity contribution is -0.383. The molecule has 2 aliphatic rings. The van der Waals surface area contributed by atoms with Crippen molar-refractivity contribution in [2.24, 2.45) is 5.41 Å². The number of benzene rings is 2. The van der Waals surface area contributed by atoms with Crippen molar-refractivity contribution in [3.05, 3.63) is 101 Å². The highest BCUT2D eigenvalue weighted by atomic mass is 32.2. The Morgan fingerprint density at radius 3 is 2.43 bits per heavy atom. The van der Waals surface area contributed by atoms with Gasteiger partial charge < -0.3 is 4.90 Å². The van der Waals surface area contributed by atoms with Gasteiger partial charge in [0.25, 0.3) is 5.69 Å². The lowest BCUT2D eigenvalue weighted by Crippen LogP contribution is -2.46. The van der Waals surface area contributed by atoms with Gasteiger partial charge in [0.2, 0.25) is 0 Å². The molecule has 1 spiro atoms. The van der Waals surface area contributed by atoms with Crippen LogP contribution in [0.5, 0.6) is 0 Å². The van der Waals surface area contributed by atoms with Gasteiger partial charge in [0.15, 0.2) is 0 Å². The first-order valence-corrected chi connectivity index (χ1v) is 10.6. The highest BCUT2D eigenvalue weighted by Crippen LogP contribution is 2.63. The zero-order chi connectivity index (χ0) is 21.7. The number of hydrogen-bond donors (Lipinski definition) is 0. The van der Waals surface area contributed by atoms with Crippen molar-refractivity contribution in [1.82, 2.24) is 4.90 Å². The summed E-state index contributed by atoms with van der Waals surface area (Å²) in [6.45, 7) is 12.3. The van der Waals surface area contributed by atoms with Crippen molar-refractivity contribution >= 4 is 34.3 Å². The third-order valence-electron chi connectivity index (χ3n) is 6.21. The zero-order valence-corrected chi connectivity index (χ0v) is 18.2. The first-order chi connectivity index (χ1) is 14.3. The first kappa shape index (κ1) is 20.2. The van der Waals surface area contributed by atoms with Gasteiger partial charge in [-0.25, -0.2) is 0 Å². The molecule has 1 saturated heterocycles. The molecule has 0 radical (unpaired) electrons. The van der Waals surface area contributed by atoms with E-state index in [1.807, 2.05) is 48.6 Å². The summed E-state index contributed by atoms with van der Waals surface area (Å²) in [6, 6.07) is 9.28. The van der Waals surface area contributed by atoms with Gasteiger partial charge in [-0.15, -0.1) is 0 Å². The second-order valence-electron chi connectivity index (χ2n) is 8.04. The molecule has 1 atom stereocenters. The predicted octanol–water partition coefficient (Wildman–Crippen LogP) is 6.72. The van der Waals surface area contributed by atoms with Crippen LogP contribution in [0.15, 0.2) is 90.0 Å². The topological polar surface area (TPSA) is 46.4 Å². The fourth-order valence-electron chi connectivity index (χ4n) is 4.66. The summed E-state index contributed by atoms with van der Waals surface area (Å²) >= 11 is 1.76. The maximum atomic E-state index is 11.7. The van der Waals surface area contributed by atoms with E-state index >= 15 is 0 Å². The molecular formula is C25H24N2O2S. The van der Waals surface area contributed by atoms with Crippen LogP contribution in [0.2, 0.25) is 0 Å². The molecule has 2 aromatic rings. The summed E-state index contributed by atoms with van der Waals surface area (Å²) in [7, 11) is 2.09. The van der Waals surface area contributed by atoms with Crippen LogP contribution < -0.4 is 0 Å². The van der Waals surface area contributed by atoms with Gasteiger partial charge in [0.1, 0.15) is 4.87 Å². The van der Waals surface area contributed by atoms with Crippen LogP contribution in [-0.4, -0.2) is 21.7 Å². The van der Waals surface area contributed by atoms with Crippen LogP contribution in [0, 0.1) is 15.5 Å². The smallest absolute Gasteiger partial charge is 0.277 e. The van der Waals surface area contributed by atoms with Crippen molar-refractivity contribution in [1.29, 1.82) is 0 Å². The summed E-state index contributed by atoms with van der Waals surface area (Å²) in [5.41, 5.74) is 3.07. The molecule has 30 heavy (non-hydrogen) atoms. The Morgan fingerprint density at radius 2 is 1.80 bits per heavy atom. The van der Waals surface area contributed by atoms with Gasteiger partial charge in [0.05, 0.1) is 10.3 Å². The molecule has 2 aromatic carbocycles. The number of fused-ring (bicyclic) bond motifs is 3. The van der Waals surface area contributed by atoms with Crippen LogP contribution in [-0.2, 0) is 0 Å². The Hall–Kier alpha value is -3.05. The quantitative estimate of drug-likeness (QED) is 0.412. The molecule has 5 heteroatoms. The Balaban J connectivity index is 1.99. The third-order valence-corrected chi connectivity index (χ3v) is 8.10. The monoisotopic (exact) mass is 416 g/mol. The average molecular weight is 417 g/mol. The fourth-order valence-corrected chi connectivity index (χ4v) is 6.25. The average Bonchev–Trinajstić information content (AvgIpc) is 2.87. The highest BCUT2D eigenvalue weighted by molar-refractivity contribution is 8.01. The van der Waals surface area contributed by atoms with E-state index in [1.165, 1.54) is 5.57 Å². The summed E-state index contributed by atoms with van der Waals surface area (Å²) in [6.07, 6.45) is 11.9. The molecule has 0 amide bonds. The molecule has 152 valence electrons. The number of nitro benzene ring substituents is 1. The Labute approximate surface area is 181 Å². The van der Waals surface area contributed by atoms with Gasteiger partial charge in [-0.1, -0.05) is 81.3 Å². The Kier molecular flexibility index (Phi) is 4.74. The number of hydrogen-bond acceptors (Lipinski definition) is 4. The lowest BCUT2D eigenvalue weighted by atomic mass is 9.78. The summed E-state index contributed by atoms with van der Waals surface area (Å²) in [5, 5.41) is 13.2. The molecule has 0 aliphatic carbocycles. The predicted molar refractivity (Wildman–Crippen MR) is 126 cm³/mol. The molecule has 4 rings (SSSR count). The number of nitrogens with zero attached hydrogens (tertiary/aromatic N) is 2. The highest BCUT2D eigenvalue weighted by Gasteiger charge is 2.57.